The Bertz CT molecular complexity index is 1280. The summed E-state index contributed by atoms with van der Waals surface area (Å²) >= 11 is 0. The van der Waals surface area contributed by atoms with Gasteiger partial charge < -0.3 is 10.6 Å². The molecule has 2 aromatic rings. The topological polar surface area (TPSA) is 90.4 Å². The first kappa shape index (κ1) is 20.1. The third-order valence-corrected chi connectivity index (χ3v) is 6.79. The van der Waals surface area contributed by atoms with Crippen molar-refractivity contribution in [3.8, 4) is 6.07 Å². The van der Waals surface area contributed by atoms with Gasteiger partial charge in [0.2, 0.25) is 5.91 Å². The number of hydrogen-bond acceptors (Lipinski definition) is 5. The van der Waals surface area contributed by atoms with E-state index in [-0.39, 0.29) is 28.5 Å². The first-order valence-electron chi connectivity index (χ1n) is 10.6. The molecule has 2 aliphatic heterocycles. The minimum Gasteiger partial charge on any atom is -0.384 e. The van der Waals surface area contributed by atoms with Gasteiger partial charge in [-0.2, -0.15) is 5.26 Å². The molecule has 3 aliphatic rings. The molecule has 5 rings (SSSR count). The summed E-state index contributed by atoms with van der Waals surface area (Å²) < 4.78 is 0. The van der Waals surface area contributed by atoms with Crippen molar-refractivity contribution in [1.29, 1.82) is 5.26 Å². The van der Waals surface area contributed by atoms with E-state index in [0.29, 0.717) is 35.4 Å². The van der Waals surface area contributed by atoms with Gasteiger partial charge in [-0.25, -0.2) is 0 Å². The van der Waals surface area contributed by atoms with Gasteiger partial charge >= 0.3 is 0 Å². The van der Waals surface area contributed by atoms with Crippen LogP contribution in [-0.4, -0.2) is 18.7 Å². The number of likely N-dealkylation sites (N-methyl/N-ethyl adjacent to an activating group) is 1. The summed E-state index contributed by atoms with van der Waals surface area (Å²) in [5, 5.41) is 10.3. The third kappa shape index (κ3) is 2.39. The number of carbonyl (C=O) groups excluding carboxylic acids is 2. The molecular formula is C26H24N4O2. The number of hydrogen-bond donors (Lipinski definition) is 1. The minimum atomic E-state index is -1.52. The SMILES string of the molecule is CN1C(=O)C2(C(C#N)=C(N)N(c3ccccc3)C3=C2C(=O)CC(C)(C)C3)c2ccccc21. The zero-order valence-electron chi connectivity index (χ0n) is 18.3. The van der Waals surface area contributed by atoms with Gasteiger partial charge in [0.25, 0.3) is 0 Å². The van der Waals surface area contributed by atoms with Gasteiger partial charge in [-0.3, -0.25) is 14.5 Å². The number of amides is 1. The maximum Gasteiger partial charge on any atom is 0.247 e. The van der Waals surface area contributed by atoms with E-state index in [4.69, 9.17) is 5.73 Å². The molecule has 2 aromatic carbocycles. The van der Waals surface area contributed by atoms with E-state index in [0.717, 1.165) is 5.69 Å². The van der Waals surface area contributed by atoms with Crippen LogP contribution in [0.25, 0.3) is 0 Å². The standard InChI is InChI=1S/C26H24N4O2/c1-25(2)13-20-22(21(31)14-25)26(17-11-7-8-12-19(17)29(3)24(26)32)18(15-27)23(28)30(20)16-9-5-4-6-10-16/h4-12H,13-14,28H2,1-3H3. The van der Waals surface area contributed by atoms with Gasteiger partial charge in [0.1, 0.15) is 17.3 Å². The maximum absolute atomic E-state index is 13.9. The van der Waals surface area contributed by atoms with Crippen LogP contribution < -0.4 is 15.5 Å². The van der Waals surface area contributed by atoms with Crippen molar-refractivity contribution in [3.05, 3.63) is 82.8 Å². The Balaban J connectivity index is 1.93. The number of anilines is 2. The molecule has 6 nitrogen and oxygen atoms in total. The van der Waals surface area contributed by atoms with Gasteiger partial charge in [-0.15, -0.1) is 0 Å². The molecular weight excluding hydrogens is 400 g/mol. The molecule has 2 N–H and O–H groups in total. The predicted molar refractivity (Wildman–Crippen MR) is 122 cm³/mol. The van der Waals surface area contributed by atoms with E-state index >= 15 is 0 Å². The number of benzene rings is 2. The summed E-state index contributed by atoms with van der Waals surface area (Å²) in [6.07, 6.45) is 0.858. The molecule has 2 heterocycles. The van der Waals surface area contributed by atoms with Gasteiger partial charge in [0.05, 0.1) is 5.57 Å². The zero-order valence-corrected chi connectivity index (χ0v) is 18.3. The molecule has 1 unspecified atom stereocenters. The molecule has 0 fully saturated rings. The van der Waals surface area contributed by atoms with E-state index in [9.17, 15) is 14.9 Å². The molecule has 32 heavy (non-hydrogen) atoms. The average molecular weight is 425 g/mol. The van der Waals surface area contributed by atoms with Crippen LogP contribution in [0, 0.1) is 16.7 Å². The summed E-state index contributed by atoms with van der Waals surface area (Å²) in [4.78, 5) is 31.1. The Labute approximate surface area is 187 Å². The Morgan fingerprint density at radius 2 is 1.66 bits per heavy atom. The summed E-state index contributed by atoms with van der Waals surface area (Å²) in [6, 6.07) is 19.1. The Morgan fingerprint density at radius 1 is 1.00 bits per heavy atom. The fraction of sp³-hybridized carbons (Fsp3) is 0.269. The highest BCUT2D eigenvalue weighted by Crippen LogP contribution is 2.58. The highest BCUT2D eigenvalue weighted by atomic mass is 16.2. The number of nitriles is 1. The molecule has 0 radical (unpaired) electrons. The fourth-order valence-electron chi connectivity index (χ4n) is 5.53. The van der Waals surface area contributed by atoms with Gasteiger partial charge in [0.15, 0.2) is 5.78 Å². The van der Waals surface area contributed by atoms with E-state index in [1.54, 1.807) is 11.9 Å². The average Bonchev–Trinajstić information content (AvgIpc) is 2.97. The van der Waals surface area contributed by atoms with Crippen molar-refractivity contribution in [2.45, 2.75) is 32.1 Å². The van der Waals surface area contributed by atoms with Crippen LogP contribution in [0.15, 0.2) is 77.3 Å². The molecule has 0 saturated heterocycles. The quantitative estimate of drug-likeness (QED) is 0.753. The molecule has 0 aromatic heterocycles. The number of allylic oxidation sites excluding steroid dienone is 1. The fourth-order valence-corrected chi connectivity index (χ4v) is 5.53. The lowest BCUT2D eigenvalue weighted by Gasteiger charge is -2.46. The molecule has 1 spiro atoms. The Kier molecular flexibility index (Phi) is 4.12. The first-order chi connectivity index (χ1) is 15.2. The van der Waals surface area contributed by atoms with Gasteiger partial charge in [0, 0.05) is 41.7 Å². The lowest BCUT2D eigenvalue weighted by atomic mass is 9.60. The highest BCUT2D eigenvalue weighted by molar-refractivity contribution is 6.20. The highest BCUT2D eigenvalue weighted by Gasteiger charge is 2.62. The molecule has 0 saturated carbocycles. The van der Waals surface area contributed by atoms with Crippen LogP contribution in [-0.2, 0) is 15.0 Å². The van der Waals surface area contributed by atoms with Crippen molar-refractivity contribution in [2.24, 2.45) is 11.1 Å². The predicted octanol–water partition coefficient (Wildman–Crippen LogP) is 3.76. The lowest BCUT2D eigenvalue weighted by molar-refractivity contribution is -0.124. The van der Waals surface area contributed by atoms with Crippen molar-refractivity contribution >= 4 is 23.1 Å². The van der Waals surface area contributed by atoms with E-state index in [1.165, 1.54) is 4.90 Å². The van der Waals surface area contributed by atoms with Crippen LogP contribution in [0.1, 0.15) is 32.3 Å². The molecule has 0 bridgehead atoms. The third-order valence-electron chi connectivity index (χ3n) is 6.79. The molecule has 1 atom stereocenters. The van der Waals surface area contributed by atoms with Crippen molar-refractivity contribution in [2.75, 3.05) is 16.8 Å². The summed E-state index contributed by atoms with van der Waals surface area (Å²) in [7, 11) is 1.68. The summed E-state index contributed by atoms with van der Waals surface area (Å²) in [5.41, 5.74) is 8.16. The normalized spacial score (nSPS) is 24.1. The lowest BCUT2D eigenvalue weighted by Crippen LogP contribution is -2.53. The molecule has 6 heteroatoms. The second-order valence-corrected chi connectivity index (χ2v) is 9.44. The number of rotatable bonds is 1. The van der Waals surface area contributed by atoms with E-state index in [2.05, 4.69) is 6.07 Å². The number of carbonyl (C=O) groups is 2. The number of ketones is 1. The van der Waals surface area contributed by atoms with Crippen LogP contribution >= 0.6 is 0 Å². The largest absolute Gasteiger partial charge is 0.384 e. The summed E-state index contributed by atoms with van der Waals surface area (Å²) in [6.45, 7) is 4.08. The molecule has 1 aliphatic carbocycles. The van der Waals surface area contributed by atoms with Crippen LogP contribution in [0.3, 0.4) is 0 Å². The number of nitrogens with zero attached hydrogens (tertiary/aromatic N) is 3. The van der Waals surface area contributed by atoms with E-state index < -0.39 is 5.41 Å². The zero-order chi connectivity index (χ0) is 22.8. The molecule has 1 amide bonds. The Morgan fingerprint density at radius 3 is 2.34 bits per heavy atom. The van der Waals surface area contributed by atoms with Crippen LogP contribution in [0.4, 0.5) is 11.4 Å². The number of para-hydroxylation sites is 2. The second kappa shape index (κ2) is 6.57. The molecule has 160 valence electrons. The number of Topliss-reactive ketones (excluding diaryl/α,β-unsaturated/α-hetero) is 1. The van der Waals surface area contributed by atoms with Crippen LogP contribution in [0.5, 0.6) is 0 Å². The van der Waals surface area contributed by atoms with Crippen molar-refractivity contribution in [3.63, 3.8) is 0 Å². The smallest absolute Gasteiger partial charge is 0.247 e. The monoisotopic (exact) mass is 424 g/mol. The van der Waals surface area contributed by atoms with Crippen molar-refractivity contribution < 1.29 is 9.59 Å². The van der Waals surface area contributed by atoms with Crippen molar-refractivity contribution in [1.82, 2.24) is 0 Å². The number of fused-ring (bicyclic) bond motifs is 3. The summed E-state index contributed by atoms with van der Waals surface area (Å²) in [5.74, 6) is -0.233. The maximum atomic E-state index is 13.9. The van der Waals surface area contributed by atoms with Gasteiger partial charge in [-0.05, 0) is 30.0 Å². The van der Waals surface area contributed by atoms with Gasteiger partial charge in [-0.1, -0.05) is 50.2 Å². The first-order valence-corrected chi connectivity index (χ1v) is 10.6. The Hall–Kier alpha value is -3.85. The van der Waals surface area contributed by atoms with E-state index in [1.807, 2.05) is 68.4 Å². The number of nitrogens with two attached hydrogens (primary N) is 1. The van der Waals surface area contributed by atoms with Crippen LogP contribution in [0.2, 0.25) is 0 Å². The minimum absolute atomic E-state index is 0.106. The second-order valence-electron chi connectivity index (χ2n) is 9.44.